The number of hydrogen-bond donors (Lipinski definition) is 1. The minimum atomic E-state index is -0.705. The van der Waals surface area contributed by atoms with Gasteiger partial charge in [0.05, 0.1) is 6.20 Å². The molecular weight excluding hydrogens is 364 g/mol. The zero-order chi connectivity index (χ0) is 18.8. The van der Waals surface area contributed by atoms with Gasteiger partial charge in [-0.3, -0.25) is 5.32 Å². The van der Waals surface area contributed by atoms with Crippen LogP contribution in [0.5, 0.6) is 0 Å². The van der Waals surface area contributed by atoms with Crippen LogP contribution in [0.3, 0.4) is 0 Å². The van der Waals surface area contributed by atoms with Crippen molar-refractivity contribution in [3.05, 3.63) is 76.7 Å². The highest BCUT2D eigenvalue weighted by Crippen LogP contribution is 2.44. The molecular formula is C20H13ClN4O2. The van der Waals surface area contributed by atoms with Gasteiger partial charge in [-0.15, -0.1) is 0 Å². The Labute approximate surface area is 160 Å². The lowest BCUT2D eigenvalue weighted by atomic mass is 9.98. The van der Waals surface area contributed by atoms with Crippen LogP contribution >= 0.6 is 11.6 Å². The number of halogens is 1. The summed E-state index contributed by atoms with van der Waals surface area (Å²) < 4.78 is 5.42. The van der Waals surface area contributed by atoms with Gasteiger partial charge in [-0.25, -0.2) is 9.78 Å². The Balaban J connectivity index is 1.52. The summed E-state index contributed by atoms with van der Waals surface area (Å²) in [5.74, 6) is -0.0257. The molecule has 0 aliphatic heterocycles. The van der Waals surface area contributed by atoms with E-state index >= 15 is 0 Å². The third-order valence-electron chi connectivity index (χ3n) is 4.44. The SMILES string of the molecule is N#Cc1cnc(Cl)nc1NC(=O)OCC1c2ccccc2-c2ccccc21. The van der Waals surface area contributed by atoms with Gasteiger partial charge in [-0.1, -0.05) is 48.5 Å². The Morgan fingerprint density at radius 3 is 2.41 bits per heavy atom. The number of amides is 1. The van der Waals surface area contributed by atoms with Gasteiger partial charge in [-0.05, 0) is 33.9 Å². The van der Waals surface area contributed by atoms with Crippen LogP contribution in [0.15, 0.2) is 54.7 Å². The molecule has 0 spiro atoms. The first-order valence-corrected chi connectivity index (χ1v) is 8.60. The molecule has 0 saturated carbocycles. The van der Waals surface area contributed by atoms with Gasteiger partial charge >= 0.3 is 6.09 Å². The van der Waals surface area contributed by atoms with Gasteiger partial charge in [0.1, 0.15) is 18.2 Å². The molecule has 4 rings (SSSR count). The summed E-state index contributed by atoms with van der Waals surface area (Å²) in [5.41, 5.74) is 4.64. The summed E-state index contributed by atoms with van der Waals surface area (Å²) in [6.07, 6.45) is 0.539. The molecule has 6 nitrogen and oxygen atoms in total. The number of nitriles is 1. The van der Waals surface area contributed by atoms with Crippen molar-refractivity contribution in [1.29, 1.82) is 5.26 Å². The van der Waals surface area contributed by atoms with Crippen molar-refractivity contribution in [2.75, 3.05) is 11.9 Å². The summed E-state index contributed by atoms with van der Waals surface area (Å²) in [5, 5.41) is 11.5. The van der Waals surface area contributed by atoms with Crippen molar-refractivity contribution in [2.45, 2.75) is 5.92 Å². The maximum absolute atomic E-state index is 12.2. The fourth-order valence-electron chi connectivity index (χ4n) is 3.27. The Hall–Kier alpha value is -3.43. The second kappa shape index (κ2) is 7.06. The van der Waals surface area contributed by atoms with E-state index in [1.807, 2.05) is 42.5 Å². The topological polar surface area (TPSA) is 87.9 Å². The van der Waals surface area contributed by atoms with Crippen LogP contribution in [0.4, 0.5) is 10.6 Å². The summed E-state index contributed by atoms with van der Waals surface area (Å²) in [6.45, 7) is 0.167. The van der Waals surface area contributed by atoms with E-state index < -0.39 is 6.09 Å². The maximum atomic E-state index is 12.2. The summed E-state index contributed by atoms with van der Waals surface area (Å²) in [4.78, 5) is 19.8. The van der Waals surface area contributed by atoms with Gasteiger partial charge in [0.25, 0.3) is 0 Å². The van der Waals surface area contributed by atoms with E-state index in [2.05, 4.69) is 27.4 Å². The predicted molar refractivity (Wildman–Crippen MR) is 100 cm³/mol. The molecule has 7 heteroatoms. The number of nitrogens with one attached hydrogen (secondary N) is 1. The molecule has 1 heterocycles. The maximum Gasteiger partial charge on any atom is 0.412 e. The molecule has 1 aliphatic carbocycles. The van der Waals surface area contributed by atoms with Gasteiger partial charge < -0.3 is 4.74 Å². The molecule has 27 heavy (non-hydrogen) atoms. The largest absolute Gasteiger partial charge is 0.448 e. The highest BCUT2D eigenvalue weighted by Gasteiger charge is 2.29. The Morgan fingerprint density at radius 1 is 1.15 bits per heavy atom. The molecule has 0 fully saturated rings. The quantitative estimate of drug-likeness (QED) is 0.686. The van der Waals surface area contributed by atoms with Crippen LogP contribution in [-0.2, 0) is 4.74 Å². The second-order valence-electron chi connectivity index (χ2n) is 5.96. The van der Waals surface area contributed by atoms with Crippen LogP contribution in [0, 0.1) is 11.3 Å². The molecule has 1 aromatic heterocycles. The number of nitrogens with zero attached hydrogens (tertiary/aromatic N) is 3. The van der Waals surface area contributed by atoms with E-state index in [0.717, 1.165) is 22.3 Å². The smallest absolute Gasteiger partial charge is 0.412 e. The first-order chi connectivity index (χ1) is 13.2. The zero-order valence-corrected chi connectivity index (χ0v) is 14.8. The van der Waals surface area contributed by atoms with Gasteiger partial charge in [0.2, 0.25) is 5.28 Å². The number of fused-ring (bicyclic) bond motifs is 3. The number of ether oxygens (including phenoxy) is 1. The molecule has 0 radical (unpaired) electrons. The summed E-state index contributed by atoms with van der Waals surface area (Å²) >= 11 is 5.73. The minimum absolute atomic E-state index is 0.0229. The number of anilines is 1. The number of hydrogen-bond acceptors (Lipinski definition) is 5. The summed E-state index contributed by atoms with van der Waals surface area (Å²) in [7, 11) is 0. The number of carbonyl (C=O) groups is 1. The molecule has 1 aliphatic rings. The number of aromatic nitrogens is 2. The Kier molecular flexibility index (Phi) is 4.45. The zero-order valence-electron chi connectivity index (χ0n) is 14.0. The van der Waals surface area contributed by atoms with E-state index in [4.69, 9.17) is 21.6 Å². The van der Waals surface area contributed by atoms with Gasteiger partial charge in [0, 0.05) is 5.92 Å². The van der Waals surface area contributed by atoms with E-state index in [1.54, 1.807) is 0 Å². The van der Waals surface area contributed by atoms with Crippen molar-refractivity contribution in [2.24, 2.45) is 0 Å². The monoisotopic (exact) mass is 376 g/mol. The van der Waals surface area contributed by atoms with Gasteiger partial charge in [0.15, 0.2) is 5.82 Å². The highest BCUT2D eigenvalue weighted by atomic mass is 35.5. The highest BCUT2D eigenvalue weighted by molar-refractivity contribution is 6.28. The van der Waals surface area contributed by atoms with Crippen LogP contribution in [0.25, 0.3) is 11.1 Å². The predicted octanol–water partition coefficient (Wildman–Crippen LogP) is 4.36. The lowest BCUT2D eigenvalue weighted by Crippen LogP contribution is -2.19. The average Bonchev–Trinajstić information content (AvgIpc) is 3.00. The molecule has 0 bridgehead atoms. The standard InChI is InChI=1S/C20H13ClN4O2/c21-19-23-10-12(9-22)18(24-19)25-20(26)27-11-17-15-7-3-1-5-13(15)14-6-2-4-8-16(14)17/h1-8,10,17H,11H2,(H,23,24,25,26). The molecule has 132 valence electrons. The van der Waals surface area contributed by atoms with Crippen molar-refractivity contribution in [3.8, 4) is 17.2 Å². The van der Waals surface area contributed by atoms with Crippen LogP contribution < -0.4 is 5.32 Å². The third kappa shape index (κ3) is 3.21. The third-order valence-corrected chi connectivity index (χ3v) is 4.63. The molecule has 2 aromatic carbocycles. The van der Waals surface area contributed by atoms with E-state index in [-0.39, 0.29) is 29.2 Å². The first kappa shape index (κ1) is 17.0. The second-order valence-corrected chi connectivity index (χ2v) is 6.30. The van der Waals surface area contributed by atoms with E-state index in [1.165, 1.54) is 6.20 Å². The Bertz CT molecular complexity index is 1030. The molecule has 0 atom stereocenters. The summed E-state index contributed by atoms with van der Waals surface area (Å²) in [6, 6.07) is 18.0. The van der Waals surface area contributed by atoms with Crippen LogP contribution in [0.1, 0.15) is 22.6 Å². The minimum Gasteiger partial charge on any atom is -0.448 e. The van der Waals surface area contributed by atoms with Gasteiger partial charge in [-0.2, -0.15) is 10.2 Å². The van der Waals surface area contributed by atoms with Crippen LogP contribution in [0.2, 0.25) is 5.28 Å². The fourth-order valence-corrected chi connectivity index (χ4v) is 3.40. The van der Waals surface area contributed by atoms with E-state index in [0.29, 0.717) is 0 Å². The molecule has 3 aromatic rings. The normalized spacial score (nSPS) is 12.0. The Morgan fingerprint density at radius 2 is 1.78 bits per heavy atom. The van der Waals surface area contributed by atoms with Crippen LogP contribution in [-0.4, -0.2) is 22.7 Å². The van der Waals surface area contributed by atoms with Crippen molar-refractivity contribution in [1.82, 2.24) is 9.97 Å². The lowest BCUT2D eigenvalue weighted by Gasteiger charge is -2.14. The number of rotatable bonds is 3. The molecule has 1 N–H and O–H groups in total. The average molecular weight is 377 g/mol. The molecule has 0 saturated heterocycles. The first-order valence-electron chi connectivity index (χ1n) is 8.22. The van der Waals surface area contributed by atoms with E-state index in [9.17, 15) is 4.79 Å². The fraction of sp³-hybridized carbons (Fsp3) is 0.100. The number of benzene rings is 2. The molecule has 0 unspecified atom stereocenters. The molecule has 1 amide bonds. The number of carbonyl (C=O) groups excluding carboxylic acids is 1. The van der Waals surface area contributed by atoms with Crippen molar-refractivity contribution < 1.29 is 9.53 Å². The van der Waals surface area contributed by atoms with Crippen molar-refractivity contribution >= 4 is 23.5 Å². The van der Waals surface area contributed by atoms with Crippen molar-refractivity contribution in [3.63, 3.8) is 0 Å². The lowest BCUT2D eigenvalue weighted by molar-refractivity contribution is 0.158.